The number of hydrogen-bond acceptors (Lipinski definition) is 3. The maximum absolute atomic E-state index is 11.6. The van der Waals surface area contributed by atoms with E-state index in [1.54, 1.807) is 0 Å². The van der Waals surface area contributed by atoms with Crippen LogP contribution in [0.4, 0.5) is 0 Å². The standard InChI is InChI=1S/C11H21NO2/c1-3-9(2)8-14-11(13)10-5-4-6-12-7-10/h9-10,12H,3-8H2,1-2H3. The topological polar surface area (TPSA) is 38.3 Å². The molecule has 2 unspecified atom stereocenters. The zero-order valence-electron chi connectivity index (χ0n) is 9.21. The summed E-state index contributed by atoms with van der Waals surface area (Å²) < 4.78 is 5.26. The minimum absolute atomic E-state index is 0.0162. The molecule has 1 rings (SSSR count). The third-order valence-electron chi connectivity index (χ3n) is 2.84. The Labute approximate surface area is 86.2 Å². The second-order valence-electron chi connectivity index (χ2n) is 4.19. The molecule has 1 saturated heterocycles. The molecule has 0 aromatic heterocycles. The van der Waals surface area contributed by atoms with E-state index in [4.69, 9.17) is 4.74 Å². The zero-order chi connectivity index (χ0) is 10.4. The van der Waals surface area contributed by atoms with Gasteiger partial charge in [-0.25, -0.2) is 0 Å². The van der Waals surface area contributed by atoms with E-state index < -0.39 is 0 Å². The first-order valence-corrected chi connectivity index (χ1v) is 5.61. The number of esters is 1. The highest BCUT2D eigenvalue weighted by molar-refractivity contribution is 5.72. The normalized spacial score (nSPS) is 24.3. The Kier molecular flexibility index (Phi) is 4.94. The van der Waals surface area contributed by atoms with E-state index in [1.165, 1.54) is 0 Å². The van der Waals surface area contributed by atoms with Gasteiger partial charge in [0, 0.05) is 6.54 Å². The Bertz CT molecular complexity index is 176. The Morgan fingerprint density at radius 1 is 1.64 bits per heavy atom. The Hall–Kier alpha value is -0.570. The molecule has 1 aliphatic rings. The number of nitrogens with one attached hydrogen (secondary N) is 1. The van der Waals surface area contributed by atoms with Crippen LogP contribution in [-0.2, 0) is 9.53 Å². The Morgan fingerprint density at radius 2 is 2.43 bits per heavy atom. The molecule has 0 saturated carbocycles. The third kappa shape index (κ3) is 3.66. The molecular weight excluding hydrogens is 178 g/mol. The van der Waals surface area contributed by atoms with Gasteiger partial charge in [0.1, 0.15) is 0 Å². The lowest BCUT2D eigenvalue weighted by Crippen LogP contribution is -2.35. The second kappa shape index (κ2) is 6.02. The van der Waals surface area contributed by atoms with E-state index in [2.05, 4.69) is 19.2 Å². The number of hydrogen-bond donors (Lipinski definition) is 1. The predicted octanol–water partition coefficient (Wildman–Crippen LogP) is 1.58. The molecule has 0 aliphatic carbocycles. The van der Waals surface area contributed by atoms with E-state index in [-0.39, 0.29) is 11.9 Å². The van der Waals surface area contributed by atoms with E-state index in [0.29, 0.717) is 12.5 Å². The van der Waals surface area contributed by atoms with Gasteiger partial charge in [0.15, 0.2) is 0 Å². The van der Waals surface area contributed by atoms with E-state index in [1.807, 2.05) is 0 Å². The first kappa shape index (κ1) is 11.5. The first-order chi connectivity index (χ1) is 6.74. The van der Waals surface area contributed by atoms with Crippen molar-refractivity contribution in [2.75, 3.05) is 19.7 Å². The smallest absolute Gasteiger partial charge is 0.310 e. The molecule has 1 fully saturated rings. The number of piperidine rings is 1. The Morgan fingerprint density at radius 3 is 3.00 bits per heavy atom. The van der Waals surface area contributed by atoms with Crippen molar-refractivity contribution in [2.24, 2.45) is 11.8 Å². The van der Waals surface area contributed by atoms with Gasteiger partial charge < -0.3 is 10.1 Å². The van der Waals surface area contributed by atoms with Gasteiger partial charge in [-0.15, -0.1) is 0 Å². The van der Waals surface area contributed by atoms with Gasteiger partial charge in [-0.05, 0) is 25.3 Å². The molecule has 0 aromatic carbocycles. The molecule has 1 aliphatic heterocycles. The number of carbonyl (C=O) groups is 1. The van der Waals surface area contributed by atoms with E-state index >= 15 is 0 Å². The molecular formula is C11H21NO2. The van der Waals surface area contributed by atoms with Crippen molar-refractivity contribution < 1.29 is 9.53 Å². The fraction of sp³-hybridized carbons (Fsp3) is 0.909. The van der Waals surface area contributed by atoms with Crippen LogP contribution in [0.1, 0.15) is 33.1 Å². The number of rotatable bonds is 4. The van der Waals surface area contributed by atoms with Crippen molar-refractivity contribution in [2.45, 2.75) is 33.1 Å². The predicted molar refractivity (Wildman–Crippen MR) is 56.0 cm³/mol. The summed E-state index contributed by atoms with van der Waals surface area (Å²) in [6.07, 6.45) is 3.13. The minimum Gasteiger partial charge on any atom is -0.465 e. The third-order valence-corrected chi connectivity index (χ3v) is 2.84. The molecule has 3 heteroatoms. The van der Waals surface area contributed by atoms with E-state index in [0.717, 1.165) is 32.4 Å². The summed E-state index contributed by atoms with van der Waals surface area (Å²) in [5, 5.41) is 3.22. The second-order valence-corrected chi connectivity index (χ2v) is 4.19. The van der Waals surface area contributed by atoms with Crippen LogP contribution in [0.25, 0.3) is 0 Å². The SMILES string of the molecule is CCC(C)COC(=O)C1CCCNC1. The van der Waals surface area contributed by atoms with Crippen LogP contribution in [0.15, 0.2) is 0 Å². The molecule has 0 aromatic rings. The van der Waals surface area contributed by atoms with Gasteiger partial charge in [-0.1, -0.05) is 20.3 Å². The first-order valence-electron chi connectivity index (χ1n) is 5.61. The van der Waals surface area contributed by atoms with E-state index in [9.17, 15) is 4.79 Å². The van der Waals surface area contributed by atoms with Crippen molar-refractivity contribution in [3.8, 4) is 0 Å². The lowest BCUT2D eigenvalue weighted by molar-refractivity contribution is -0.150. The van der Waals surface area contributed by atoms with Crippen LogP contribution in [0.3, 0.4) is 0 Å². The molecule has 0 bridgehead atoms. The maximum atomic E-state index is 11.6. The summed E-state index contributed by atoms with van der Waals surface area (Å²) in [6.45, 7) is 6.62. The highest BCUT2D eigenvalue weighted by Gasteiger charge is 2.22. The molecule has 2 atom stereocenters. The van der Waals surface area contributed by atoms with Crippen LogP contribution < -0.4 is 5.32 Å². The van der Waals surface area contributed by atoms with Crippen molar-refractivity contribution in [3.05, 3.63) is 0 Å². The number of carbonyl (C=O) groups excluding carboxylic acids is 1. The molecule has 0 amide bonds. The van der Waals surface area contributed by atoms with Crippen LogP contribution in [-0.4, -0.2) is 25.7 Å². The minimum atomic E-state index is -0.0162. The van der Waals surface area contributed by atoms with Crippen LogP contribution in [0.5, 0.6) is 0 Å². The van der Waals surface area contributed by atoms with Gasteiger partial charge in [0.05, 0.1) is 12.5 Å². The van der Waals surface area contributed by atoms with Crippen molar-refractivity contribution in [1.82, 2.24) is 5.32 Å². The highest BCUT2D eigenvalue weighted by atomic mass is 16.5. The molecule has 82 valence electrons. The average Bonchev–Trinajstić information content (AvgIpc) is 2.26. The van der Waals surface area contributed by atoms with Crippen molar-refractivity contribution in [1.29, 1.82) is 0 Å². The molecule has 1 N–H and O–H groups in total. The fourth-order valence-corrected chi connectivity index (χ4v) is 1.51. The zero-order valence-corrected chi connectivity index (χ0v) is 9.21. The van der Waals surface area contributed by atoms with Crippen LogP contribution in [0.2, 0.25) is 0 Å². The summed E-state index contributed by atoms with van der Waals surface area (Å²) >= 11 is 0. The summed E-state index contributed by atoms with van der Waals surface area (Å²) in [4.78, 5) is 11.6. The van der Waals surface area contributed by atoms with Crippen molar-refractivity contribution in [3.63, 3.8) is 0 Å². The number of ether oxygens (including phenoxy) is 1. The van der Waals surface area contributed by atoms with Crippen LogP contribution >= 0.6 is 0 Å². The Balaban J connectivity index is 2.19. The lowest BCUT2D eigenvalue weighted by Gasteiger charge is -2.21. The molecule has 0 radical (unpaired) electrons. The average molecular weight is 199 g/mol. The maximum Gasteiger partial charge on any atom is 0.310 e. The molecule has 3 nitrogen and oxygen atoms in total. The summed E-state index contributed by atoms with van der Waals surface area (Å²) in [7, 11) is 0. The lowest BCUT2D eigenvalue weighted by atomic mass is 10.00. The van der Waals surface area contributed by atoms with Crippen molar-refractivity contribution >= 4 is 5.97 Å². The summed E-state index contributed by atoms with van der Waals surface area (Å²) in [5.74, 6) is 0.556. The largest absolute Gasteiger partial charge is 0.465 e. The summed E-state index contributed by atoms with van der Waals surface area (Å²) in [6, 6.07) is 0. The quantitative estimate of drug-likeness (QED) is 0.698. The van der Waals surface area contributed by atoms with Gasteiger partial charge in [-0.2, -0.15) is 0 Å². The summed E-state index contributed by atoms with van der Waals surface area (Å²) in [5.41, 5.74) is 0. The monoisotopic (exact) mass is 199 g/mol. The van der Waals surface area contributed by atoms with Gasteiger partial charge >= 0.3 is 5.97 Å². The van der Waals surface area contributed by atoms with Gasteiger partial charge in [-0.3, -0.25) is 4.79 Å². The van der Waals surface area contributed by atoms with Gasteiger partial charge in [0.25, 0.3) is 0 Å². The fourth-order valence-electron chi connectivity index (χ4n) is 1.51. The highest BCUT2D eigenvalue weighted by Crippen LogP contribution is 2.12. The molecule has 0 spiro atoms. The molecule has 14 heavy (non-hydrogen) atoms. The van der Waals surface area contributed by atoms with Gasteiger partial charge in [0.2, 0.25) is 0 Å². The molecule has 1 heterocycles. The van der Waals surface area contributed by atoms with Crippen LogP contribution in [0, 0.1) is 11.8 Å².